The van der Waals surface area contributed by atoms with Gasteiger partial charge < -0.3 is 25.4 Å². The van der Waals surface area contributed by atoms with Crippen LogP contribution in [0.3, 0.4) is 0 Å². The minimum Gasteiger partial charge on any atom is -0.497 e. The molecule has 1 unspecified atom stereocenters. The molecule has 3 rings (SSSR count). The summed E-state index contributed by atoms with van der Waals surface area (Å²) in [5.41, 5.74) is 1.21. The molecule has 0 bridgehead atoms. The lowest BCUT2D eigenvalue weighted by Gasteiger charge is -2.16. The summed E-state index contributed by atoms with van der Waals surface area (Å²) in [4.78, 5) is 37.1. The van der Waals surface area contributed by atoms with Gasteiger partial charge in [-0.1, -0.05) is 12.1 Å². The van der Waals surface area contributed by atoms with Crippen molar-refractivity contribution in [3.05, 3.63) is 48.0 Å². The van der Waals surface area contributed by atoms with Crippen LogP contribution in [0.2, 0.25) is 0 Å². The number of nitrogens with one attached hydrogen (secondary N) is 3. The number of fused-ring (bicyclic) bond motifs is 1. The molecule has 2 aromatic rings. The molecule has 8 nitrogen and oxygen atoms in total. The monoisotopic (exact) mass is 369 g/mol. The molecule has 2 aromatic carbocycles. The third kappa shape index (κ3) is 4.00. The highest BCUT2D eigenvalue weighted by Crippen LogP contribution is 2.29. The zero-order valence-corrected chi connectivity index (χ0v) is 14.9. The van der Waals surface area contributed by atoms with Gasteiger partial charge in [0.2, 0.25) is 11.8 Å². The fraction of sp³-hybridized carbons (Fsp3) is 0.211. The predicted molar refractivity (Wildman–Crippen MR) is 99.1 cm³/mol. The summed E-state index contributed by atoms with van der Waals surface area (Å²) in [6, 6.07) is 10.6. The van der Waals surface area contributed by atoms with Gasteiger partial charge in [-0.15, -0.1) is 0 Å². The van der Waals surface area contributed by atoms with Crippen LogP contribution >= 0.6 is 0 Å². The predicted octanol–water partition coefficient (Wildman–Crippen LogP) is 1.78. The smallest absolute Gasteiger partial charge is 0.254 e. The molecule has 0 saturated heterocycles. The molecular weight excluding hydrogens is 350 g/mol. The third-order valence-corrected chi connectivity index (χ3v) is 4.12. The maximum atomic E-state index is 12.4. The molecule has 1 aliphatic heterocycles. The summed E-state index contributed by atoms with van der Waals surface area (Å²) in [5, 5.41) is 7.94. The standard InChI is InChI=1S/C19H19N3O5/c1-26-11-7-8-14(16(9-11)27-2)20-17(23)10-15-19(25)21-13-6-4-3-5-12(13)18(24)22-15/h3-9,15H,10H2,1-2H3,(H,20,23)(H,21,25)(H,22,24). The number of amides is 3. The number of hydrogen-bond acceptors (Lipinski definition) is 5. The molecule has 27 heavy (non-hydrogen) atoms. The zero-order chi connectivity index (χ0) is 19.4. The Morgan fingerprint density at radius 3 is 2.63 bits per heavy atom. The number of carbonyl (C=O) groups excluding carboxylic acids is 3. The minimum absolute atomic E-state index is 0.221. The van der Waals surface area contributed by atoms with Gasteiger partial charge in [0.15, 0.2) is 0 Å². The Labute approximate surface area is 155 Å². The first-order valence-electron chi connectivity index (χ1n) is 8.24. The maximum absolute atomic E-state index is 12.4. The van der Waals surface area contributed by atoms with Gasteiger partial charge in [-0.05, 0) is 24.3 Å². The van der Waals surface area contributed by atoms with Gasteiger partial charge in [0.25, 0.3) is 5.91 Å². The summed E-state index contributed by atoms with van der Waals surface area (Å²) in [6.45, 7) is 0. The van der Waals surface area contributed by atoms with E-state index >= 15 is 0 Å². The normalized spacial score (nSPS) is 15.7. The first-order chi connectivity index (χ1) is 13.0. The van der Waals surface area contributed by atoms with Crippen molar-refractivity contribution in [2.24, 2.45) is 0 Å². The van der Waals surface area contributed by atoms with Crippen molar-refractivity contribution in [1.29, 1.82) is 0 Å². The van der Waals surface area contributed by atoms with Crippen molar-refractivity contribution < 1.29 is 23.9 Å². The number of ether oxygens (including phenoxy) is 2. The van der Waals surface area contributed by atoms with E-state index in [1.165, 1.54) is 14.2 Å². The molecule has 1 atom stereocenters. The Hall–Kier alpha value is -3.55. The fourth-order valence-electron chi connectivity index (χ4n) is 2.74. The molecule has 140 valence electrons. The highest BCUT2D eigenvalue weighted by atomic mass is 16.5. The Balaban J connectivity index is 1.71. The van der Waals surface area contributed by atoms with Crippen molar-refractivity contribution in [3.8, 4) is 11.5 Å². The van der Waals surface area contributed by atoms with Gasteiger partial charge in [0.05, 0.1) is 37.6 Å². The molecule has 0 spiro atoms. The van der Waals surface area contributed by atoms with Gasteiger partial charge in [0.1, 0.15) is 17.5 Å². The van der Waals surface area contributed by atoms with Crippen molar-refractivity contribution in [2.75, 3.05) is 24.9 Å². The number of carbonyl (C=O) groups is 3. The summed E-state index contributed by atoms with van der Waals surface area (Å²) in [5.74, 6) is -0.304. The summed E-state index contributed by atoms with van der Waals surface area (Å²) in [7, 11) is 3.00. The van der Waals surface area contributed by atoms with Crippen LogP contribution in [0.5, 0.6) is 11.5 Å². The van der Waals surface area contributed by atoms with E-state index in [9.17, 15) is 14.4 Å². The summed E-state index contributed by atoms with van der Waals surface area (Å²) >= 11 is 0. The molecule has 3 amide bonds. The maximum Gasteiger partial charge on any atom is 0.254 e. The van der Waals surface area contributed by atoms with Crippen LogP contribution in [0.4, 0.5) is 11.4 Å². The van der Waals surface area contributed by atoms with Crippen molar-refractivity contribution in [3.63, 3.8) is 0 Å². The van der Waals surface area contributed by atoms with Gasteiger partial charge in [-0.3, -0.25) is 14.4 Å². The van der Waals surface area contributed by atoms with Crippen LogP contribution in [0.25, 0.3) is 0 Å². The molecule has 8 heteroatoms. The highest BCUT2D eigenvalue weighted by molar-refractivity contribution is 6.11. The Morgan fingerprint density at radius 2 is 1.89 bits per heavy atom. The summed E-state index contributed by atoms with van der Waals surface area (Å²) in [6.07, 6.45) is -0.221. The topological polar surface area (TPSA) is 106 Å². The lowest BCUT2D eigenvalue weighted by molar-refractivity contribution is -0.122. The van der Waals surface area contributed by atoms with Gasteiger partial charge in [-0.25, -0.2) is 0 Å². The molecule has 3 N–H and O–H groups in total. The van der Waals surface area contributed by atoms with E-state index in [1.807, 2.05) is 0 Å². The van der Waals surface area contributed by atoms with Crippen LogP contribution in [0, 0.1) is 0 Å². The second-order valence-electron chi connectivity index (χ2n) is 5.88. The molecule has 1 heterocycles. The lowest BCUT2D eigenvalue weighted by Crippen LogP contribution is -2.43. The van der Waals surface area contributed by atoms with E-state index in [0.717, 1.165) is 0 Å². The molecular formula is C19H19N3O5. The molecule has 0 fully saturated rings. The average molecular weight is 369 g/mol. The number of anilines is 2. The average Bonchev–Trinajstić information content (AvgIpc) is 2.78. The van der Waals surface area contributed by atoms with Gasteiger partial charge >= 0.3 is 0 Å². The first kappa shape index (κ1) is 18.2. The number of rotatable bonds is 5. The third-order valence-electron chi connectivity index (χ3n) is 4.12. The zero-order valence-electron chi connectivity index (χ0n) is 14.9. The van der Waals surface area contributed by atoms with Gasteiger partial charge in [-0.2, -0.15) is 0 Å². The molecule has 0 radical (unpaired) electrons. The van der Waals surface area contributed by atoms with E-state index in [1.54, 1.807) is 42.5 Å². The quantitative estimate of drug-likeness (QED) is 0.745. The minimum atomic E-state index is -0.992. The van der Waals surface area contributed by atoms with Crippen LogP contribution < -0.4 is 25.4 Å². The molecule has 1 aliphatic rings. The van der Waals surface area contributed by atoms with E-state index in [-0.39, 0.29) is 6.42 Å². The number of methoxy groups -OCH3 is 2. The van der Waals surface area contributed by atoms with Crippen LogP contribution in [0.1, 0.15) is 16.8 Å². The fourth-order valence-corrected chi connectivity index (χ4v) is 2.74. The number of hydrogen-bond donors (Lipinski definition) is 3. The highest BCUT2D eigenvalue weighted by Gasteiger charge is 2.29. The molecule has 0 saturated carbocycles. The summed E-state index contributed by atoms with van der Waals surface area (Å²) < 4.78 is 10.4. The number of benzene rings is 2. The largest absolute Gasteiger partial charge is 0.497 e. The Kier molecular flexibility index (Phi) is 5.25. The van der Waals surface area contributed by atoms with Crippen molar-refractivity contribution >= 4 is 29.1 Å². The molecule has 0 aliphatic carbocycles. The number of para-hydroxylation sites is 1. The second kappa shape index (κ2) is 7.77. The van der Waals surface area contributed by atoms with Crippen LogP contribution in [-0.2, 0) is 9.59 Å². The lowest BCUT2D eigenvalue weighted by atomic mass is 10.1. The van der Waals surface area contributed by atoms with E-state index in [2.05, 4.69) is 16.0 Å². The van der Waals surface area contributed by atoms with Crippen molar-refractivity contribution in [2.45, 2.75) is 12.5 Å². The van der Waals surface area contributed by atoms with Gasteiger partial charge in [0, 0.05) is 6.07 Å². The van der Waals surface area contributed by atoms with E-state index < -0.39 is 23.8 Å². The SMILES string of the molecule is COc1ccc(NC(=O)CC2NC(=O)c3ccccc3NC2=O)c(OC)c1. The van der Waals surface area contributed by atoms with E-state index in [0.29, 0.717) is 28.4 Å². The van der Waals surface area contributed by atoms with Crippen LogP contribution in [-0.4, -0.2) is 38.0 Å². The van der Waals surface area contributed by atoms with Crippen LogP contribution in [0.15, 0.2) is 42.5 Å². The molecule has 0 aromatic heterocycles. The second-order valence-corrected chi connectivity index (χ2v) is 5.88. The Morgan fingerprint density at radius 1 is 1.11 bits per heavy atom. The van der Waals surface area contributed by atoms with E-state index in [4.69, 9.17) is 9.47 Å². The van der Waals surface area contributed by atoms with Crippen molar-refractivity contribution in [1.82, 2.24) is 5.32 Å². The first-order valence-corrected chi connectivity index (χ1v) is 8.24. The Bertz CT molecular complexity index is 897.